The van der Waals surface area contributed by atoms with Gasteiger partial charge >= 0.3 is 0 Å². The van der Waals surface area contributed by atoms with Crippen molar-refractivity contribution >= 4 is 22.9 Å². The summed E-state index contributed by atoms with van der Waals surface area (Å²) in [4.78, 5) is 16.0. The van der Waals surface area contributed by atoms with Crippen molar-refractivity contribution in [3.05, 3.63) is 16.7 Å². The van der Waals surface area contributed by atoms with Crippen LogP contribution in [-0.4, -0.2) is 30.8 Å². The van der Waals surface area contributed by atoms with Crippen molar-refractivity contribution in [2.45, 2.75) is 18.7 Å². The van der Waals surface area contributed by atoms with Crippen LogP contribution in [0.1, 0.15) is 13.8 Å². The molecule has 6 nitrogen and oxygen atoms in total. The fraction of sp³-hybridized carbons (Fsp3) is 0.556. The highest BCUT2D eigenvalue weighted by Gasteiger charge is 2.22. The number of aromatic nitrogens is 5. The maximum Gasteiger partial charge on any atom is 0.282 e. The number of rotatable bonds is 2. The van der Waals surface area contributed by atoms with E-state index in [9.17, 15) is 4.79 Å². The van der Waals surface area contributed by atoms with Crippen molar-refractivity contribution in [1.29, 1.82) is 0 Å². The van der Waals surface area contributed by atoms with Crippen LogP contribution in [0, 0.1) is 0 Å². The fourth-order valence-corrected chi connectivity index (χ4v) is 1.75. The van der Waals surface area contributed by atoms with Crippen LogP contribution in [0.25, 0.3) is 11.2 Å². The summed E-state index contributed by atoms with van der Waals surface area (Å²) in [5, 5.41) is 7.60. The van der Waals surface area contributed by atoms with Crippen molar-refractivity contribution in [1.82, 2.24) is 24.5 Å². The van der Waals surface area contributed by atoms with E-state index in [1.807, 2.05) is 20.1 Å². The number of hydrogen-bond acceptors (Lipinski definition) is 5. The molecule has 0 bridgehead atoms. The second-order valence-electron chi connectivity index (χ2n) is 3.96. The van der Waals surface area contributed by atoms with Gasteiger partial charge in [0.2, 0.25) is 5.65 Å². The lowest BCUT2D eigenvalue weighted by Gasteiger charge is -2.24. The van der Waals surface area contributed by atoms with Crippen LogP contribution in [0.5, 0.6) is 0 Å². The molecule has 0 spiro atoms. The van der Waals surface area contributed by atoms with Gasteiger partial charge in [-0.05, 0) is 20.1 Å². The van der Waals surface area contributed by atoms with E-state index < -0.39 is 0 Å². The first kappa shape index (κ1) is 11.1. The van der Waals surface area contributed by atoms with Crippen LogP contribution in [0.3, 0.4) is 0 Å². The molecule has 0 aromatic carbocycles. The standard InChI is InChI=1S/C9H13N5OS/c1-9(2,16-4)14-5-10-7-6(8(14)15)13(3)12-11-7/h5H,1-4H3. The Hall–Kier alpha value is -1.37. The molecule has 2 heterocycles. The first-order valence-corrected chi connectivity index (χ1v) is 6.02. The molecular formula is C9H13N5OS. The summed E-state index contributed by atoms with van der Waals surface area (Å²) in [6.45, 7) is 3.94. The van der Waals surface area contributed by atoms with Crippen molar-refractivity contribution < 1.29 is 0 Å². The molecule has 2 aromatic heterocycles. The number of fused-ring (bicyclic) bond motifs is 1. The smallest absolute Gasteiger partial charge is 0.282 e. The second-order valence-corrected chi connectivity index (χ2v) is 5.36. The minimum absolute atomic E-state index is 0.114. The largest absolute Gasteiger partial charge is 0.282 e. The van der Waals surface area contributed by atoms with Gasteiger partial charge in [-0.1, -0.05) is 5.21 Å². The van der Waals surface area contributed by atoms with Gasteiger partial charge in [-0.2, -0.15) is 0 Å². The molecule has 0 fully saturated rings. The SMILES string of the molecule is CSC(C)(C)n1cnc2nnn(C)c2c1=O. The third-order valence-corrected chi connectivity index (χ3v) is 3.80. The van der Waals surface area contributed by atoms with E-state index >= 15 is 0 Å². The molecule has 2 rings (SSSR count). The molecule has 0 aliphatic carbocycles. The van der Waals surface area contributed by atoms with Crippen molar-refractivity contribution in [2.75, 3.05) is 6.26 Å². The van der Waals surface area contributed by atoms with Crippen molar-refractivity contribution in [3.8, 4) is 0 Å². The van der Waals surface area contributed by atoms with Crippen molar-refractivity contribution in [3.63, 3.8) is 0 Å². The lowest BCUT2D eigenvalue weighted by molar-refractivity contribution is 0.513. The summed E-state index contributed by atoms with van der Waals surface area (Å²) in [5.74, 6) is 0. The summed E-state index contributed by atoms with van der Waals surface area (Å²) in [6.07, 6.45) is 3.48. The second kappa shape index (κ2) is 3.58. The maximum absolute atomic E-state index is 12.2. The summed E-state index contributed by atoms with van der Waals surface area (Å²) < 4.78 is 3.06. The van der Waals surface area contributed by atoms with E-state index in [1.165, 1.54) is 11.0 Å². The predicted octanol–water partition coefficient (Wildman–Crippen LogP) is 0.581. The highest BCUT2D eigenvalue weighted by atomic mass is 32.2. The zero-order valence-electron chi connectivity index (χ0n) is 9.63. The Morgan fingerprint density at radius 1 is 1.44 bits per heavy atom. The van der Waals surface area contributed by atoms with Gasteiger partial charge in [0.1, 0.15) is 6.33 Å². The van der Waals surface area contributed by atoms with Gasteiger partial charge in [0.05, 0.1) is 4.87 Å². The Balaban J connectivity index is 2.79. The van der Waals surface area contributed by atoms with Gasteiger partial charge in [0.25, 0.3) is 5.56 Å². The Morgan fingerprint density at radius 3 is 2.75 bits per heavy atom. The van der Waals surface area contributed by atoms with Crippen molar-refractivity contribution in [2.24, 2.45) is 7.05 Å². The lowest BCUT2D eigenvalue weighted by Crippen LogP contribution is -2.34. The molecule has 0 amide bonds. The van der Waals surface area contributed by atoms with Gasteiger partial charge < -0.3 is 0 Å². The molecule has 16 heavy (non-hydrogen) atoms. The van der Waals surface area contributed by atoms with Gasteiger partial charge in [-0.3, -0.25) is 9.36 Å². The Morgan fingerprint density at radius 2 is 2.12 bits per heavy atom. The molecule has 0 atom stereocenters. The molecule has 0 N–H and O–H groups in total. The first-order chi connectivity index (χ1) is 7.47. The molecule has 86 valence electrons. The highest BCUT2D eigenvalue weighted by molar-refractivity contribution is 7.99. The van der Waals surface area contributed by atoms with Gasteiger partial charge in [0.15, 0.2) is 5.52 Å². The Labute approximate surface area is 96.7 Å². The molecule has 0 saturated carbocycles. The number of hydrogen-bond donors (Lipinski definition) is 0. The van der Waals surface area contributed by atoms with E-state index in [-0.39, 0.29) is 10.4 Å². The third kappa shape index (κ3) is 1.51. The quantitative estimate of drug-likeness (QED) is 0.767. The molecule has 7 heteroatoms. The van der Waals surface area contributed by atoms with Crippen LogP contribution in [0.2, 0.25) is 0 Å². The van der Waals surface area contributed by atoms with Crippen LogP contribution in [0.15, 0.2) is 11.1 Å². The number of aryl methyl sites for hydroxylation is 1. The number of nitrogens with zero attached hydrogens (tertiary/aromatic N) is 5. The van der Waals surface area contributed by atoms with E-state index in [1.54, 1.807) is 23.4 Å². The summed E-state index contributed by atoms with van der Waals surface area (Å²) >= 11 is 1.58. The zero-order chi connectivity index (χ0) is 11.9. The fourth-order valence-electron chi connectivity index (χ4n) is 1.43. The summed E-state index contributed by atoms with van der Waals surface area (Å²) in [5.41, 5.74) is 0.710. The molecule has 0 aliphatic heterocycles. The zero-order valence-corrected chi connectivity index (χ0v) is 10.4. The van der Waals surface area contributed by atoms with Gasteiger partial charge in [-0.25, -0.2) is 9.67 Å². The molecule has 2 aromatic rings. The van der Waals surface area contributed by atoms with Crippen LogP contribution in [0.4, 0.5) is 0 Å². The lowest BCUT2D eigenvalue weighted by atomic mass is 10.3. The molecule has 0 aliphatic rings. The summed E-state index contributed by atoms with van der Waals surface area (Å²) in [6, 6.07) is 0. The first-order valence-electron chi connectivity index (χ1n) is 4.80. The van der Waals surface area contributed by atoms with Crippen LogP contribution in [-0.2, 0) is 11.9 Å². The molecule has 0 saturated heterocycles. The highest BCUT2D eigenvalue weighted by Crippen LogP contribution is 2.25. The Kier molecular flexibility index (Phi) is 2.49. The minimum atomic E-state index is -0.331. The van der Waals surface area contributed by atoms with Crippen LogP contribution >= 0.6 is 11.8 Å². The maximum atomic E-state index is 12.2. The monoisotopic (exact) mass is 239 g/mol. The molecule has 0 unspecified atom stereocenters. The van der Waals surface area contributed by atoms with E-state index in [4.69, 9.17) is 0 Å². The average molecular weight is 239 g/mol. The van der Waals surface area contributed by atoms with Crippen LogP contribution < -0.4 is 5.56 Å². The average Bonchev–Trinajstić information content (AvgIpc) is 2.61. The van der Waals surface area contributed by atoms with Gasteiger partial charge in [0, 0.05) is 7.05 Å². The predicted molar refractivity (Wildman–Crippen MR) is 63.4 cm³/mol. The molecule has 0 radical (unpaired) electrons. The van der Waals surface area contributed by atoms with E-state index in [0.29, 0.717) is 11.2 Å². The normalized spacial score (nSPS) is 12.2. The molecular weight excluding hydrogens is 226 g/mol. The summed E-state index contributed by atoms with van der Waals surface area (Å²) in [7, 11) is 1.69. The minimum Gasteiger partial charge on any atom is -0.282 e. The Bertz CT molecular complexity index is 585. The van der Waals surface area contributed by atoms with E-state index in [0.717, 1.165) is 0 Å². The third-order valence-electron chi connectivity index (χ3n) is 2.61. The topological polar surface area (TPSA) is 65.6 Å². The van der Waals surface area contributed by atoms with E-state index in [2.05, 4.69) is 15.3 Å². The number of thioether (sulfide) groups is 1. The van der Waals surface area contributed by atoms with Gasteiger partial charge in [-0.15, -0.1) is 16.9 Å².